The van der Waals surface area contributed by atoms with Crippen molar-refractivity contribution in [3.63, 3.8) is 0 Å². The highest BCUT2D eigenvalue weighted by molar-refractivity contribution is 6.43. The second kappa shape index (κ2) is 6.42. The Morgan fingerprint density at radius 2 is 2.12 bits per heavy atom. The van der Waals surface area contributed by atoms with E-state index in [-0.39, 0.29) is 11.6 Å². The summed E-state index contributed by atoms with van der Waals surface area (Å²) in [4.78, 5) is 33.6. The Labute approximate surface area is 144 Å². The molecule has 3 rings (SSSR count). The third-order valence-corrected chi connectivity index (χ3v) is 4.04. The second-order valence-corrected chi connectivity index (χ2v) is 5.54. The van der Waals surface area contributed by atoms with Gasteiger partial charge < -0.3 is 9.55 Å². The fourth-order valence-electron chi connectivity index (χ4n) is 1.97. The summed E-state index contributed by atoms with van der Waals surface area (Å²) in [5.74, 6) is 0.145. The number of hydrazone groups is 1. The zero-order valence-corrected chi connectivity index (χ0v) is 13.8. The Bertz CT molecular complexity index is 1070. The summed E-state index contributed by atoms with van der Waals surface area (Å²) in [6, 6.07) is 5.16. The molecule has 0 fully saturated rings. The Morgan fingerprint density at radius 1 is 1.33 bits per heavy atom. The molecule has 0 saturated carbocycles. The fourth-order valence-corrected chi connectivity index (χ4v) is 2.33. The van der Waals surface area contributed by atoms with Crippen LogP contribution in [0.1, 0.15) is 5.56 Å². The van der Waals surface area contributed by atoms with Gasteiger partial charge >= 0.3 is 11.1 Å². The van der Waals surface area contributed by atoms with Crippen LogP contribution in [0.4, 0.5) is 5.95 Å². The summed E-state index contributed by atoms with van der Waals surface area (Å²) in [6.07, 6.45) is 2.87. The van der Waals surface area contributed by atoms with E-state index < -0.39 is 11.1 Å². The molecule has 0 radical (unpaired) electrons. The maximum atomic E-state index is 11.6. The van der Waals surface area contributed by atoms with Gasteiger partial charge in [-0.2, -0.15) is 10.1 Å². The molecule has 0 amide bonds. The predicted octanol–water partition coefficient (Wildman–Crippen LogP) is 1.77. The van der Waals surface area contributed by atoms with Crippen LogP contribution in [0.15, 0.2) is 39.1 Å². The molecule has 10 heteroatoms. The van der Waals surface area contributed by atoms with Crippen LogP contribution in [0, 0.1) is 0 Å². The number of hydrogen-bond donors (Lipinski definition) is 2. The number of anilines is 1. The van der Waals surface area contributed by atoms with Crippen molar-refractivity contribution in [2.24, 2.45) is 12.1 Å². The minimum Gasteiger partial charge on any atom is -0.303 e. The highest BCUT2D eigenvalue weighted by atomic mass is 35.5. The molecule has 3 aromatic rings. The second-order valence-electron chi connectivity index (χ2n) is 4.76. The van der Waals surface area contributed by atoms with E-state index in [2.05, 4.69) is 25.5 Å². The van der Waals surface area contributed by atoms with E-state index in [1.807, 2.05) is 0 Å². The van der Waals surface area contributed by atoms with Crippen LogP contribution in [0.3, 0.4) is 0 Å². The van der Waals surface area contributed by atoms with E-state index in [9.17, 15) is 9.59 Å². The van der Waals surface area contributed by atoms with Crippen molar-refractivity contribution in [1.29, 1.82) is 0 Å². The number of benzene rings is 1. The van der Waals surface area contributed by atoms with Crippen LogP contribution in [0.5, 0.6) is 0 Å². The molecule has 1 aromatic carbocycles. The van der Waals surface area contributed by atoms with Crippen molar-refractivity contribution < 1.29 is 0 Å². The number of aryl methyl sites for hydroxylation is 1. The van der Waals surface area contributed by atoms with Crippen LogP contribution in [0.2, 0.25) is 10.0 Å². The molecule has 24 heavy (non-hydrogen) atoms. The highest BCUT2D eigenvalue weighted by Gasteiger charge is 2.07. The maximum absolute atomic E-state index is 11.6. The number of rotatable bonds is 3. The average molecular weight is 365 g/mol. The minimum atomic E-state index is -0.760. The standard InChI is InChI=1S/C14H10Cl2N6O2/c1-22-9-6-17-14(20-11(9)19-12(23)13(22)24)21-18-5-7-3-2-4-8(15)10(7)16/h2-6H,1H3,(H2,17,19,20,21,23). The Balaban J connectivity index is 1.90. The van der Waals surface area contributed by atoms with Gasteiger partial charge in [-0.25, -0.2) is 10.4 Å². The van der Waals surface area contributed by atoms with Gasteiger partial charge in [0.2, 0.25) is 5.95 Å². The molecule has 0 atom stereocenters. The molecule has 0 saturated heterocycles. The Kier molecular flexibility index (Phi) is 4.32. The number of hydrogen-bond acceptors (Lipinski definition) is 6. The molecule has 122 valence electrons. The largest absolute Gasteiger partial charge is 0.316 e. The molecule has 2 heterocycles. The van der Waals surface area contributed by atoms with Gasteiger partial charge in [0.25, 0.3) is 0 Å². The monoisotopic (exact) mass is 364 g/mol. The van der Waals surface area contributed by atoms with Gasteiger partial charge in [-0.1, -0.05) is 35.3 Å². The SMILES string of the molecule is Cn1c(=O)c(=O)[nH]c2nc(NN=Cc3cccc(Cl)c3Cl)ncc21. The summed E-state index contributed by atoms with van der Waals surface area (Å²) in [7, 11) is 1.47. The zero-order valence-electron chi connectivity index (χ0n) is 12.2. The first-order valence-corrected chi connectivity index (χ1v) is 7.42. The topological polar surface area (TPSA) is 105 Å². The first-order valence-electron chi connectivity index (χ1n) is 6.66. The van der Waals surface area contributed by atoms with E-state index in [1.165, 1.54) is 24.0 Å². The lowest BCUT2D eigenvalue weighted by molar-refractivity contribution is 0.863. The van der Waals surface area contributed by atoms with Gasteiger partial charge in [0.15, 0.2) is 5.65 Å². The Hall–Kier alpha value is -2.71. The van der Waals surface area contributed by atoms with E-state index in [0.717, 1.165) is 0 Å². The smallest absolute Gasteiger partial charge is 0.303 e. The average Bonchev–Trinajstić information content (AvgIpc) is 2.56. The summed E-state index contributed by atoms with van der Waals surface area (Å²) in [5, 5.41) is 4.78. The number of halogens is 2. The molecule has 2 aromatic heterocycles. The summed E-state index contributed by atoms with van der Waals surface area (Å²) < 4.78 is 1.17. The lowest BCUT2D eigenvalue weighted by Crippen LogP contribution is -2.35. The van der Waals surface area contributed by atoms with Crippen LogP contribution >= 0.6 is 23.2 Å². The molecule has 0 aliphatic rings. The number of nitrogens with one attached hydrogen (secondary N) is 2. The number of H-pyrrole nitrogens is 1. The third kappa shape index (κ3) is 3.01. The lowest BCUT2D eigenvalue weighted by Gasteiger charge is -2.04. The van der Waals surface area contributed by atoms with Gasteiger partial charge in [0.1, 0.15) is 5.52 Å². The van der Waals surface area contributed by atoms with Crippen molar-refractivity contribution in [1.82, 2.24) is 19.5 Å². The number of fused-ring (bicyclic) bond motifs is 1. The van der Waals surface area contributed by atoms with Gasteiger partial charge in [-0.05, 0) is 6.07 Å². The van der Waals surface area contributed by atoms with Gasteiger partial charge in [-0.3, -0.25) is 9.59 Å². The molecule has 0 spiro atoms. The van der Waals surface area contributed by atoms with Crippen LogP contribution in [0.25, 0.3) is 11.2 Å². The normalized spacial score (nSPS) is 11.3. The van der Waals surface area contributed by atoms with Crippen molar-refractivity contribution in [2.45, 2.75) is 0 Å². The summed E-state index contributed by atoms with van der Waals surface area (Å²) >= 11 is 12.0. The molecule has 2 N–H and O–H groups in total. The maximum Gasteiger partial charge on any atom is 0.316 e. The van der Waals surface area contributed by atoms with Gasteiger partial charge in [-0.15, -0.1) is 0 Å². The summed E-state index contributed by atoms with van der Waals surface area (Å²) in [6.45, 7) is 0. The number of aromatic nitrogens is 4. The molecular weight excluding hydrogens is 355 g/mol. The quantitative estimate of drug-likeness (QED) is 0.418. The van der Waals surface area contributed by atoms with Gasteiger partial charge in [0, 0.05) is 12.6 Å². The van der Waals surface area contributed by atoms with Crippen molar-refractivity contribution in [3.05, 3.63) is 60.7 Å². The van der Waals surface area contributed by atoms with Crippen LogP contribution < -0.4 is 16.5 Å². The number of aromatic amines is 1. The van der Waals surface area contributed by atoms with E-state index in [4.69, 9.17) is 23.2 Å². The van der Waals surface area contributed by atoms with E-state index in [1.54, 1.807) is 18.2 Å². The molecule has 0 aliphatic heterocycles. The fraction of sp³-hybridized carbons (Fsp3) is 0.0714. The van der Waals surface area contributed by atoms with E-state index in [0.29, 0.717) is 21.1 Å². The predicted molar refractivity (Wildman–Crippen MR) is 93.1 cm³/mol. The minimum absolute atomic E-state index is 0.145. The van der Waals surface area contributed by atoms with Crippen molar-refractivity contribution in [3.8, 4) is 0 Å². The Morgan fingerprint density at radius 3 is 2.92 bits per heavy atom. The van der Waals surface area contributed by atoms with Crippen LogP contribution in [-0.2, 0) is 7.05 Å². The zero-order chi connectivity index (χ0) is 17.3. The van der Waals surface area contributed by atoms with Crippen molar-refractivity contribution in [2.75, 3.05) is 5.43 Å². The molecule has 0 bridgehead atoms. The number of nitrogens with zero attached hydrogens (tertiary/aromatic N) is 4. The van der Waals surface area contributed by atoms with Crippen molar-refractivity contribution >= 4 is 46.5 Å². The highest BCUT2D eigenvalue weighted by Crippen LogP contribution is 2.24. The van der Waals surface area contributed by atoms with Crippen LogP contribution in [-0.4, -0.2) is 25.7 Å². The third-order valence-electron chi connectivity index (χ3n) is 3.21. The first kappa shape index (κ1) is 16.2. The van der Waals surface area contributed by atoms with E-state index >= 15 is 0 Å². The first-order chi connectivity index (χ1) is 11.5. The molecular formula is C14H10Cl2N6O2. The molecule has 0 unspecified atom stereocenters. The molecule has 8 nitrogen and oxygen atoms in total. The van der Waals surface area contributed by atoms with Gasteiger partial charge in [0.05, 0.1) is 22.5 Å². The summed E-state index contributed by atoms with van der Waals surface area (Å²) in [5.41, 5.74) is 2.41. The lowest BCUT2D eigenvalue weighted by atomic mass is 10.2. The molecule has 0 aliphatic carbocycles.